The lowest BCUT2D eigenvalue weighted by Gasteiger charge is -2.10. The molecule has 0 saturated carbocycles. The Balaban J connectivity index is 1.74. The van der Waals surface area contributed by atoms with Gasteiger partial charge in [-0.3, -0.25) is 0 Å². The highest BCUT2D eigenvalue weighted by Gasteiger charge is 2.04. The van der Waals surface area contributed by atoms with E-state index in [1.807, 2.05) is 42.0 Å². The number of benzene rings is 1. The molecule has 1 N–H and O–H groups in total. The van der Waals surface area contributed by atoms with E-state index in [9.17, 15) is 5.11 Å². The number of ether oxygens (including phenoxy) is 1. The third-order valence-corrected chi connectivity index (χ3v) is 3.04. The van der Waals surface area contributed by atoms with E-state index < -0.39 is 0 Å². The number of rotatable bonds is 7. The summed E-state index contributed by atoms with van der Waals surface area (Å²) in [5.74, 6) is 0.845. The van der Waals surface area contributed by atoms with Gasteiger partial charge in [0.2, 0.25) is 0 Å². The maximum Gasteiger partial charge on any atom is 0.119 e. The summed E-state index contributed by atoms with van der Waals surface area (Å²) in [6, 6.07) is 7.65. The molecule has 0 aliphatic carbocycles. The summed E-state index contributed by atoms with van der Waals surface area (Å²) in [5, 5.41) is 9.69. The van der Waals surface area contributed by atoms with Crippen molar-refractivity contribution in [1.82, 2.24) is 9.55 Å². The van der Waals surface area contributed by atoms with Gasteiger partial charge >= 0.3 is 0 Å². The Hall–Kier alpha value is -1.81. The molecular formula is C15H20N2O2. The number of imidazole rings is 1. The second-order valence-electron chi connectivity index (χ2n) is 4.50. The molecule has 1 atom stereocenters. The zero-order chi connectivity index (χ0) is 13.5. The van der Waals surface area contributed by atoms with Crippen molar-refractivity contribution < 1.29 is 9.84 Å². The van der Waals surface area contributed by atoms with Crippen molar-refractivity contribution >= 4 is 0 Å². The Morgan fingerprint density at radius 1 is 1.32 bits per heavy atom. The number of aliphatic hydroxyl groups excluding tert-OH is 1. The van der Waals surface area contributed by atoms with Crippen LogP contribution in [0.15, 0.2) is 43.0 Å². The molecule has 1 aromatic heterocycles. The fourth-order valence-electron chi connectivity index (χ4n) is 1.88. The van der Waals surface area contributed by atoms with Gasteiger partial charge in [0.25, 0.3) is 0 Å². The van der Waals surface area contributed by atoms with E-state index >= 15 is 0 Å². The summed E-state index contributed by atoms with van der Waals surface area (Å²) < 4.78 is 7.69. The summed E-state index contributed by atoms with van der Waals surface area (Å²) in [4.78, 5) is 3.99. The highest BCUT2D eigenvalue weighted by molar-refractivity contribution is 5.28. The average Bonchev–Trinajstić information content (AvgIpc) is 2.96. The minimum atomic E-state index is -0.379. The lowest BCUT2D eigenvalue weighted by molar-refractivity contribution is 0.173. The Kier molecular flexibility index (Phi) is 4.98. The van der Waals surface area contributed by atoms with Gasteiger partial charge in [-0.15, -0.1) is 0 Å². The molecule has 1 aromatic carbocycles. The topological polar surface area (TPSA) is 47.3 Å². The molecular weight excluding hydrogens is 240 g/mol. The van der Waals surface area contributed by atoms with E-state index in [4.69, 9.17) is 4.74 Å². The number of aromatic nitrogens is 2. The number of nitrogens with zero attached hydrogens (tertiary/aromatic N) is 2. The summed E-state index contributed by atoms with van der Waals surface area (Å²) in [7, 11) is 0. The minimum Gasteiger partial charge on any atom is -0.494 e. The largest absolute Gasteiger partial charge is 0.494 e. The van der Waals surface area contributed by atoms with Crippen molar-refractivity contribution in [3.8, 4) is 5.75 Å². The lowest BCUT2D eigenvalue weighted by Crippen LogP contribution is -2.03. The lowest BCUT2D eigenvalue weighted by atomic mass is 10.1. The van der Waals surface area contributed by atoms with Crippen LogP contribution >= 0.6 is 0 Å². The van der Waals surface area contributed by atoms with Gasteiger partial charge in [-0.1, -0.05) is 19.1 Å². The van der Waals surface area contributed by atoms with E-state index in [0.29, 0.717) is 6.61 Å². The van der Waals surface area contributed by atoms with Gasteiger partial charge in [0, 0.05) is 18.9 Å². The molecule has 0 amide bonds. The van der Waals surface area contributed by atoms with Crippen LogP contribution in [-0.2, 0) is 6.54 Å². The Labute approximate surface area is 113 Å². The molecule has 4 nitrogen and oxygen atoms in total. The first-order valence-corrected chi connectivity index (χ1v) is 6.66. The summed E-state index contributed by atoms with van der Waals surface area (Å²) >= 11 is 0. The highest BCUT2D eigenvalue weighted by atomic mass is 16.5. The van der Waals surface area contributed by atoms with Crippen LogP contribution in [0.2, 0.25) is 0 Å². The smallest absolute Gasteiger partial charge is 0.119 e. The van der Waals surface area contributed by atoms with Crippen molar-refractivity contribution in [1.29, 1.82) is 0 Å². The minimum absolute atomic E-state index is 0.379. The molecule has 0 aliphatic rings. The van der Waals surface area contributed by atoms with Crippen molar-refractivity contribution in [3.05, 3.63) is 48.5 Å². The quantitative estimate of drug-likeness (QED) is 0.779. The molecule has 0 aliphatic heterocycles. The van der Waals surface area contributed by atoms with E-state index in [1.54, 1.807) is 12.5 Å². The number of aliphatic hydroxyl groups is 1. The first kappa shape index (κ1) is 13.6. The van der Waals surface area contributed by atoms with Gasteiger partial charge in [-0.25, -0.2) is 4.98 Å². The van der Waals surface area contributed by atoms with E-state index in [0.717, 1.165) is 30.7 Å². The molecule has 0 saturated heterocycles. The SMILES string of the molecule is CC[C@@H](O)c1ccc(OCCCn2ccnc2)cc1. The molecule has 0 fully saturated rings. The molecule has 2 aromatic rings. The standard InChI is InChI=1S/C15H20N2O2/c1-2-15(18)13-4-6-14(7-5-13)19-11-3-9-17-10-8-16-12-17/h4-8,10,12,15,18H,2-3,9,11H2,1H3/t15-/m1/s1. The molecule has 0 spiro atoms. The van der Waals surface area contributed by atoms with Gasteiger partial charge in [0.15, 0.2) is 0 Å². The van der Waals surface area contributed by atoms with E-state index in [-0.39, 0.29) is 6.10 Å². The van der Waals surface area contributed by atoms with Gasteiger partial charge in [-0.2, -0.15) is 0 Å². The molecule has 1 heterocycles. The number of hydrogen-bond acceptors (Lipinski definition) is 3. The second-order valence-corrected chi connectivity index (χ2v) is 4.50. The Morgan fingerprint density at radius 3 is 2.74 bits per heavy atom. The normalized spacial score (nSPS) is 12.3. The van der Waals surface area contributed by atoms with E-state index in [2.05, 4.69) is 4.98 Å². The molecule has 0 unspecified atom stereocenters. The summed E-state index contributed by atoms with van der Waals surface area (Å²) in [6.45, 7) is 3.55. The van der Waals surface area contributed by atoms with Gasteiger partial charge in [-0.05, 0) is 30.5 Å². The van der Waals surface area contributed by atoms with Crippen LogP contribution in [0.4, 0.5) is 0 Å². The zero-order valence-corrected chi connectivity index (χ0v) is 11.2. The summed E-state index contributed by atoms with van der Waals surface area (Å²) in [5.41, 5.74) is 0.938. The van der Waals surface area contributed by atoms with Crippen LogP contribution in [0.25, 0.3) is 0 Å². The van der Waals surface area contributed by atoms with Crippen LogP contribution in [0, 0.1) is 0 Å². The van der Waals surface area contributed by atoms with Gasteiger partial charge in [0.1, 0.15) is 5.75 Å². The molecule has 0 bridgehead atoms. The Morgan fingerprint density at radius 2 is 2.11 bits per heavy atom. The molecule has 19 heavy (non-hydrogen) atoms. The van der Waals surface area contributed by atoms with Crippen LogP contribution in [-0.4, -0.2) is 21.3 Å². The maximum absolute atomic E-state index is 9.69. The predicted octanol–water partition coefficient (Wildman–Crippen LogP) is 2.80. The van der Waals surface area contributed by atoms with Crippen molar-refractivity contribution in [3.63, 3.8) is 0 Å². The third kappa shape index (κ3) is 4.10. The highest BCUT2D eigenvalue weighted by Crippen LogP contribution is 2.19. The third-order valence-electron chi connectivity index (χ3n) is 3.04. The fourth-order valence-corrected chi connectivity index (χ4v) is 1.88. The first-order chi connectivity index (χ1) is 9.29. The number of aryl methyl sites for hydroxylation is 1. The average molecular weight is 260 g/mol. The van der Waals surface area contributed by atoms with Crippen molar-refractivity contribution in [2.75, 3.05) is 6.61 Å². The van der Waals surface area contributed by atoms with Crippen molar-refractivity contribution in [2.24, 2.45) is 0 Å². The van der Waals surface area contributed by atoms with Gasteiger partial charge in [0.05, 0.1) is 19.0 Å². The number of hydrogen-bond donors (Lipinski definition) is 1. The summed E-state index contributed by atoms with van der Waals surface area (Å²) in [6.07, 6.45) is 6.82. The van der Waals surface area contributed by atoms with Crippen LogP contribution in [0.1, 0.15) is 31.4 Å². The second kappa shape index (κ2) is 6.95. The molecule has 2 rings (SSSR count). The van der Waals surface area contributed by atoms with Crippen LogP contribution in [0.5, 0.6) is 5.75 Å². The monoisotopic (exact) mass is 260 g/mol. The first-order valence-electron chi connectivity index (χ1n) is 6.66. The molecule has 0 radical (unpaired) electrons. The fraction of sp³-hybridized carbons (Fsp3) is 0.400. The zero-order valence-electron chi connectivity index (χ0n) is 11.2. The van der Waals surface area contributed by atoms with Crippen molar-refractivity contribution in [2.45, 2.75) is 32.4 Å². The Bertz CT molecular complexity index is 465. The predicted molar refractivity (Wildman–Crippen MR) is 74.0 cm³/mol. The maximum atomic E-state index is 9.69. The molecule has 102 valence electrons. The van der Waals surface area contributed by atoms with Crippen LogP contribution < -0.4 is 4.74 Å². The molecule has 4 heteroatoms. The van der Waals surface area contributed by atoms with Gasteiger partial charge < -0.3 is 14.4 Å². The van der Waals surface area contributed by atoms with E-state index in [1.165, 1.54) is 0 Å². The van der Waals surface area contributed by atoms with Crippen LogP contribution in [0.3, 0.4) is 0 Å².